The minimum Gasteiger partial charge on any atom is -0.349 e. The molecule has 0 bridgehead atoms. The van der Waals surface area contributed by atoms with Gasteiger partial charge in [0.15, 0.2) is 5.11 Å². The number of hydrogen-bond donors (Lipinski definition) is 3. The third-order valence-corrected chi connectivity index (χ3v) is 5.70. The molecule has 2 rings (SSSR count). The second-order valence-corrected chi connectivity index (χ2v) is 8.48. The van der Waals surface area contributed by atoms with Gasteiger partial charge in [0.1, 0.15) is 0 Å². The normalized spacial score (nSPS) is 14.3. The van der Waals surface area contributed by atoms with Gasteiger partial charge in [-0.05, 0) is 49.7 Å². The average molecular weight is 438 g/mol. The van der Waals surface area contributed by atoms with E-state index in [1.54, 1.807) is 18.2 Å². The van der Waals surface area contributed by atoms with Crippen molar-refractivity contribution in [1.29, 1.82) is 0 Å². The van der Waals surface area contributed by atoms with Crippen molar-refractivity contribution < 1.29 is 9.59 Å². The van der Waals surface area contributed by atoms with Crippen molar-refractivity contribution in [3.05, 3.63) is 28.8 Å². The van der Waals surface area contributed by atoms with Crippen molar-refractivity contribution in [2.75, 3.05) is 5.32 Å². The van der Waals surface area contributed by atoms with E-state index in [9.17, 15) is 9.59 Å². The minimum absolute atomic E-state index is 0.0942. The maximum absolute atomic E-state index is 12.6. The molecule has 2 amide bonds. The Kier molecular flexibility index (Phi) is 10.4. The van der Waals surface area contributed by atoms with Crippen LogP contribution in [0.4, 0.5) is 5.69 Å². The maximum atomic E-state index is 12.6. The monoisotopic (exact) mass is 437 g/mol. The molecule has 0 saturated heterocycles. The Balaban J connectivity index is 1.84. The highest BCUT2D eigenvalue weighted by Gasteiger charge is 2.19. The lowest BCUT2D eigenvalue weighted by Crippen LogP contribution is -2.36. The summed E-state index contributed by atoms with van der Waals surface area (Å²) in [7, 11) is 0. The molecule has 0 radical (unpaired) electrons. The topological polar surface area (TPSA) is 70.2 Å². The van der Waals surface area contributed by atoms with E-state index in [4.69, 9.17) is 23.8 Å². The van der Waals surface area contributed by atoms with Crippen molar-refractivity contribution in [3.8, 4) is 0 Å². The zero-order valence-electron chi connectivity index (χ0n) is 17.2. The first kappa shape index (κ1) is 23.6. The van der Waals surface area contributed by atoms with Gasteiger partial charge in [0.05, 0.1) is 10.6 Å². The molecule has 0 unspecified atom stereocenters. The first-order valence-corrected chi connectivity index (χ1v) is 11.5. The van der Waals surface area contributed by atoms with Crippen LogP contribution in [0, 0.1) is 0 Å². The van der Waals surface area contributed by atoms with Gasteiger partial charge in [0.25, 0.3) is 5.91 Å². The third-order valence-electron chi connectivity index (χ3n) is 5.17. The number of hydrogen-bond acceptors (Lipinski definition) is 3. The molecule has 1 fully saturated rings. The van der Waals surface area contributed by atoms with Gasteiger partial charge in [-0.15, -0.1) is 0 Å². The number of rotatable bonds is 9. The Morgan fingerprint density at radius 2 is 1.83 bits per heavy atom. The smallest absolute Gasteiger partial charge is 0.253 e. The Morgan fingerprint density at radius 1 is 1.10 bits per heavy atom. The van der Waals surface area contributed by atoms with Gasteiger partial charge in [0, 0.05) is 18.2 Å². The maximum Gasteiger partial charge on any atom is 0.253 e. The van der Waals surface area contributed by atoms with Crippen molar-refractivity contribution in [3.63, 3.8) is 0 Å². The largest absolute Gasteiger partial charge is 0.349 e. The predicted molar refractivity (Wildman–Crippen MR) is 124 cm³/mol. The fourth-order valence-electron chi connectivity index (χ4n) is 3.53. The molecule has 0 heterocycles. The molecule has 0 atom stereocenters. The molecule has 1 saturated carbocycles. The molecule has 1 aromatic rings. The lowest BCUT2D eigenvalue weighted by Gasteiger charge is -2.23. The van der Waals surface area contributed by atoms with Crippen LogP contribution in [0.3, 0.4) is 0 Å². The molecule has 0 aromatic heterocycles. The predicted octanol–water partition coefficient (Wildman–Crippen LogP) is 5.58. The summed E-state index contributed by atoms with van der Waals surface area (Å²) in [6.07, 6.45) is 11.5. The Morgan fingerprint density at radius 3 is 2.55 bits per heavy atom. The van der Waals surface area contributed by atoms with Crippen LogP contribution in [0.2, 0.25) is 5.02 Å². The molecule has 29 heavy (non-hydrogen) atoms. The molecular formula is C22H32ClN3O2S. The summed E-state index contributed by atoms with van der Waals surface area (Å²) in [4.78, 5) is 24.6. The van der Waals surface area contributed by atoms with Crippen LogP contribution in [0.15, 0.2) is 18.2 Å². The molecule has 5 nitrogen and oxygen atoms in total. The van der Waals surface area contributed by atoms with Crippen molar-refractivity contribution in [2.24, 2.45) is 0 Å². The number of amides is 2. The molecule has 0 aliphatic heterocycles. The van der Waals surface area contributed by atoms with Crippen molar-refractivity contribution >= 4 is 46.4 Å². The lowest BCUT2D eigenvalue weighted by molar-refractivity contribution is -0.119. The van der Waals surface area contributed by atoms with Gasteiger partial charge in [0.2, 0.25) is 5.91 Å². The van der Waals surface area contributed by atoms with Crippen LogP contribution in [-0.4, -0.2) is 23.0 Å². The van der Waals surface area contributed by atoms with E-state index in [-0.39, 0.29) is 23.0 Å². The molecular weight excluding hydrogens is 406 g/mol. The summed E-state index contributed by atoms with van der Waals surface area (Å²) < 4.78 is 0. The van der Waals surface area contributed by atoms with Crippen molar-refractivity contribution in [1.82, 2.24) is 10.6 Å². The number of unbranched alkanes of at least 4 members (excludes halogenated alkanes) is 4. The molecule has 1 aliphatic carbocycles. The number of carbonyl (C=O) groups excluding carboxylic acids is 2. The lowest BCUT2D eigenvalue weighted by atomic mass is 9.95. The first-order valence-electron chi connectivity index (χ1n) is 10.7. The van der Waals surface area contributed by atoms with Crippen molar-refractivity contribution in [2.45, 2.75) is 83.6 Å². The van der Waals surface area contributed by atoms with Crippen LogP contribution in [0.1, 0.15) is 87.9 Å². The second kappa shape index (κ2) is 12.8. The summed E-state index contributed by atoms with van der Waals surface area (Å²) in [6, 6.07) is 5.28. The zero-order chi connectivity index (χ0) is 21.1. The van der Waals surface area contributed by atoms with E-state index in [2.05, 4.69) is 22.9 Å². The zero-order valence-corrected chi connectivity index (χ0v) is 18.8. The Bertz CT molecular complexity index is 705. The van der Waals surface area contributed by atoms with Gasteiger partial charge in [-0.2, -0.15) is 0 Å². The van der Waals surface area contributed by atoms with E-state index in [1.807, 2.05) is 0 Å². The summed E-state index contributed by atoms with van der Waals surface area (Å²) >= 11 is 11.5. The van der Waals surface area contributed by atoms with E-state index >= 15 is 0 Å². The number of anilines is 1. The van der Waals surface area contributed by atoms with Crippen LogP contribution >= 0.6 is 23.8 Å². The highest BCUT2D eigenvalue weighted by molar-refractivity contribution is 7.80. The van der Waals surface area contributed by atoms with Crippen LogP contribution in [0.25, 0.3) is 0 Å². The van der Waals surface area contributed by atoms with E-state index in [0.29, 0.717) is 22.7 Å². The van der Waals surface area contributed by atoms with E-state index in [1.165, 1.54) is 19.3 Å². The highest BCUT2D eigenvalue weighted by Crippen LogP contribution is 2.23. The summed E-state index contributed by atoms with van der Waals surface area (Å²) in [5.41, 5.74) is 1.03. The van der Waals surface area contributed by atoms with Gasteiger partial charge in [-0.1, -0.05) is 63.5 Å². The number of thiocarbonyl (C=S) groups is 1. The quantitative estimate of drug-likeness (QED) is 0.348. The number of nitrogens with one attached hydrogen (secondary N) is 3. The van der Waals surface area contributed by atoms with E-state index in [0.717, 1.165) is 44.9 Å². The fourth-order valence-corrected chi connectivity index (χ4v) is 3.96. The van der Waals surface area contributed by atoms with Gasteiger partial charge in [-0.3, -0.25) is 9.59 Å². The van der Waals surface area contributed by atoms with Gasteiger partial charge < -0.3 is 16.0 Å². The summed E-state index contributed by atoms with van der Waals surface area (Å²) in [5.74, 6) is -0.268. The van der Waals surface area contributed by atoms with Crippen LogP contribution < -0.4 is 16.0 Å². The minimum atomic E-state index is -0.174. The SMILES string of the molecule is CCCCCCCC(=O)NC(=S)Nc1ccc(Cl)c(C(=O)NC2CCCCC2)c1. The summed E-state index contributed by atoms with van der Waals surface area (Å²) in [6.45, 7) is 2.17. The molecule has 0 spiro atoms. The molecule has 3 N–H and O–H groups in total. The number of halogens is 1. The van der Waals surface area contributed by atoms with E-state index < -0.39 is 0 Å². The Labute approximate surface area is 184 Å². The average Bonchev–Trinajstić information content (AvgIpc) is 2.70. The van der Waals surface area contributed by atoms with Crippen LogP contribution in [0.5, 0.6) is 0 Å². The number of carbonyl (C=O) groups is 2. The third kappa shape index (κ3) is 8.70. The van der Waals surface area contributed by atoms with Crippen LogP contribution in [-0.2, 0) is 4.79 Å². The Hall–Kier alpha value is -1.66. The highest BCUT2D eigenvalue weighted by atomic mass is 35.5. The number of benzene rings is 1. The van der Waals surface area contributed by atoms with Gasteiger partial charge in [-0.25, -0.2) is 0 Å². The molecule has 1 aliphatic rings. The molecule has 7 heteroatoms. The second-order valence-electron chi connectivity index (χ2n) is 7.67. The standard InChI is InChI=1S/C22H32ClN3O2S/c1-2-3-4-5-9-12-20(27)26-22(29)25-17-13-14-19(23)18(15-17)21(28)24-16-10-7-6-8-11-16/h13-16H,2-12H2,1H3,(H,24,28)(H2,25,26,27,29). The van der Waals surface area contributed by atoms with Gasteiger partial charge >= 0.3 is 0 Å². The fraction of sp³-hybridized carbons (Fsp3) is 0.591. The first-order chi connectivity index (χ1) is 14.0. The molecule has 1 aromatic carbocycles. The summed E-state index contributed by atoms with van der Waals surface area (Å²) in [5, 5.41) is 9.36. The molecule has 160 valence electrons.